The second-order valence-electron chi connectivity index (χ2n) is 4.45. The highest BCUT2D eigenvalue weighted by Crippen LogP contribution is 2.44. The molecule has 0 atom stereocenters. The van der Waals surface area contributed by atoms with Gasteiger partial charge < -0.3 is 0 Å². The van der Waals surface area contributed by atoms with Gasteiger partial charge in [0, 0.05) is 24.7 Å². The largest absolute Gasteiger partial charge is 0.300 e. The number of hydrogen-bond acceptors (Lipinski definition) is 2. The number of carbonyl (C=O) groups is 2. The van der Waals surface area contributed by atoms with Gasteiger partial charge in [-0.15, -0.1) is 0 Å². The minimum Gasteiger partial charge on any atom is -0.300 e. The summed E-state index contributed by atoms with van der Waals surface area (Å²) in [6, 6.07) is 0. The maximum atomic E-state index is 11.8. The summed E-state index contributed by atoms with van der Waals surface area (Å²) in [5.74, 6) is 0.787. The van der Waals surface area contributed by atoms with Crippen molar-refractivity contribution in [1.29, 1.82) is 0 Å². The average molecular weight is 180 g/mol. The van der Waals surface area contributed by atoms with E-state index in [9.17, 15) is 9.59 Å². The van der Waals surface area contributed by atoms with Crippen LogP contribution in [0.1, 0.15) is 51.4 Å². The van der Waals surface area contributed by atoms with Gasteiger partial charge in [0.1, 0.15) is 11.6 Å². The van der Waals surface area contributed by atoms with Gasteiger partial charge in [-0.1, -0.05) is 6.42 Å². The van der Waals surface area contributed by atoms with Crippen LogP contribution in [0, 0.1) is 5.41 Å². The van der Waals surface area contributed by atoms with E-state index < -0.39 is 0 Å². The molecule has 2 rings (SSSR count). The molecule has 0 radical (unpaired) electrons. The standard InChI is InChI=1S/C11H16O2/c12-9-4-7-11(8-5-9)6-2-1-3-10(11)13/h1-8H2. The van der Waals surface area contributed by atoms with E-state index in [4.69, 9.17) is 0 Å². The van der Waals surface area contributed by atoms with Crippen LogP contribution in [0.15, 0.2) is 0 Å². The minimum absolute atomic E-state index is 0.0633. The summed E-state index contributed by atoms with van der Waals surface area (Å²) < 4.78 is 0. The predicted octanol–water partition coefficient (Wildman–Crippen LogP) is 2.26. The molecule has 2 fully saturated rings. The lowest BCUT2D eigenvalue weighted by molar-refractivity contribution is -0.136. The first-order chi connectivity index (χ1) is 6.23. The van der Waals surface area contributed by atoms with E-state index in [0.29, 0.717) is 24.4 Å². The Labute approximate surface area is 78.7 Å². The smallest absolute Gasteiger partial charge is 0.139 e. The fourth-order valence-corrected chi connectivity index (χ4v) is 2.69. The van der Waals surface area contributed by atoms with Crippen molar-refractivity contribution in [2.24, 2.45) is 5.41 Å². The van der Waals surface area contributed by atoms with Gasteiger partial charge in [-0.2, -0.15) is 0 Å². The Morgan fingerprint density at radius 1 is 0.846 bits per heavy atom. The van der Waals surface area contributed by atoms with Crippen molar-refractivity contribution >= 4 is 11.6 Å². The summed E-state index contributed by atoms with van der Waals surface area (Å²) in [6.07, 6.45) is 7.01. The monoisotopic (exact) mass is 180 g/mol. The van der Waals surface area contributed by atoms with E-state index >= 15 is 0 Å². The second-order valence-corrected chi connectivity index (χ2v) is 4.45. The second kappa shape index (κ2) is 3.24. The highest BCUT2D eigenvalue weighted by atomic mass is 16.1. The van der Waals surface area contributed by atoms with Gasteiger partial charge in [0.05, 0.1) is 0 Å². The highest BCUT2D eigenvalue weighted by molar-refractivity contribution is 5.89. The molecule has 0 aromatic heterocycles. The molecule has 0 bridgehead atoms. The molecular formula is C11H16O2. The van der Waals surface area contributed by atoms with E-state index in [1.807, 2.05) is 0 Å². The molecule has 1 spiro atoms. The van der Waals surface area contributed by atoms with E-state index in [0.717, 1.165) is 32.1 Å². The molecule has 0 unspecified atom stereocenters. The molecule has 0 aliphatic heterocycles. The first-order valence-electron chi connectivity index (χ1n) is 5.28. The number of hydrogen-bond donors (Lipinski definition) is 0. The van der Waals surface area contributed by atoms with Gasteiger partial charge in [0.15, 0.2) is 0 Å². The topological polar surface area (TPSA) is 34.1 Å². The molecule has 2 aliphatic carbocycles. The summed E-state index contributed by atoms with van der Waals surface area (Å²) in [6.45, 7) is 0. The van der Waals surface area contributed by atoms with Crippen LogP contribution < -0.4 is 0 Å². The van der Waals surface area contributed by atoms with Crippen LogP contribution >= 0.6 is 0 Å². The first kappa shape index (κ1) is 8.92. The molecule has 2 nitrogen and oxygen atoms in total. The van der Waals surface area contributed by atoms with E-state index in [-0.39, 0.29) is 5.41 Å². The highest BCUT2D eigenvalue weighted by Gasteiger charge is 2.41. The number of Topliss-reactive ketones (excluding diaryl/α,β-unsaturated/α-hetero) is 2. The maximum absolute atomic E-state index is 11.8. The van der Waals surface area contributed by atoms with Gasteiger partial charge in [0.2, 0.25) is 0 Å². The maximum Gasteiger partial charge on any atom is 0.139 e. The molecule has 0 N–H and O–H groups in total. The lowest BCUT2D eigenvalue weighted by Gasteiger charge is -2.38. The third kappa shape index (κ3) is 1.54. The minimum atomic E-state index is -0.0633. The average Bonchev–Trinajstić information content (AvgIpc) is 2.15. The van der Waals surface area contributed by atoms with Crippen molar-refractivity contribution in [2.75, 3.05) is 0 Å². The zero-order valence-corrected chi connectivity index (χ0v) is 7.97. The van der Waals surface area contributed by atoms with E-state index in [2.05, 4.69) is 0 Å². The Hall–Kier alpha value is -0.660. The first-order valence-corrected chi connectivity index (χ1v) is 5.28. The summed E-state index contributed by atoms with van der Waals surface area (Å²) in [7, 11) is 0. The molecule has 0 amide bonds. The molecule has 0 heterocycles. The van der Waals surface area contributed by atoms with E-state index in [1.54, 1.807) is 0 Å². The molecule has 0 aromatic rings. The summed E-state index contributed by atoms with van der Waals surface area (Å²) in [4.78, 5) is 22.9. The van der Waals surface area contributed by atoms with Crippen LogP contribution in [0.4, 0.5) is 0 Å². The molecule has 2 aliphatic rings. The fourth-order valence-electron chi connectivity index (χ4n) is 2.69. The third-order valence-electron chi connectivity index (χ3n) is 3.67. The fraction of sp³-hybridized carbons (Fsp3) is 0.818. The molecular weight excluding hydrogens is 164 g/mol. The van der Waals surface area contributed by atoms with Crippen LogP contribution in [-0.4, -0.2) is 11.6 Å². The van der Waals surface area contributed by atoms with Gasteiger partial charge in [0.25, 0.3) is 0 Å². The Bertz CT molecular complexity index is 232. The molecule has 72 valence electrons. The van der Waals surface area contributed by atoms with Gasteiger partial charge >= 0.3 is 0 Å². The van der Waals surface area contributed by atoms with Crippen LogP contribution in [0.3, 0.4) is 0 Å². The zero-order valence-electron chi connectivity index (χ0n) is 7.97. The van der Waals surface area contributed by atoms with Gasteiger partial charge in [-0.3, -0.25) is 9.59 Å². The lowest BCUT2D eigenvalue weighted by atomic mass is 9.64. The summed E-state index contributed by atoms with van der Waals surface area (Å²) in [5.41, 5.74) is -0.0633. The van der Waals surface area contributed by atoms with Crippen LogP contribution in [0.25, 0.3) is 0 Å². The van der Waals surface area contributed by atoms with Crippen molar-refractivity contribution in [3.8, 4) is 0 Å². The Balaban J connectivity index is 2.10. The molecule has 2 heteroatoms. The normalized spacial score (nSPS) is 28.0. The molecule has 2 saturated carbocycles. The number of carbonyl (C=O) groups excluding carboxylic acids is 2. The predicted molar refractivity (Wildman–Crippen MR) is 49.4 cm³/mol. The molecule has 13 heavy (non-hydrogen) atoms. The van der Waals surface area contributed by atoms with Crippen LogP contribution in [0.5, 0.6) is 0 Å². The summed E-state index contributed by atoms with van der Waals surface area (Å²) in [5, 5.41) is 0. The summed E-state index contributed by atoms with van der Waals surface area (Å²) >= 11 is 0. The van der Waals surface area contributed by atoms with Crippen molar-refractivity contribution in [2.45, 2.75) is 51.4 Å². The van der Waals surface area contributed by atoms with Crippen LogP contribution in [-0.2, 0) is 9.59 Å². The lowest BCUT2D eigenvalue weighted by Crippen LogP contribution is -2.37. The van der Waals surface area contributed by atoms with Gasteiger partial charge in [-0.05, 0) is 25.7 Å². The Morgan fingerprint density at radius 2 is 1.54 bits per heavy atom. The number of ketones is 2. The zero-order chi connectivity index (χ0) is 9.31. The van der Waals surface area contributed by atoms with Crippen molar-refractivity contribution in [1.82, 2.24) is 0 Å². The van der Waals surface area contributed by atoms with Crippen LogP contribution in [0.2, 0.25) is 0 Å². The van der Waals surface area contributed by atoms with Gasteiger partial charge in [-0.25, -0.2) is 0 Å². The van der Waals surface area contributed by atoms with Crippen molar-refractivity contribution in [3.05, 3.63) is 0 Å². The third-order valence-corrected chi connectivity index (χ3v) is 3.67. The van der Waals surface area contributed by atoms with Crippen molar-refractivity contribution in [3.63, 3.8) is 0 Å². The quantitative estimate of drug-likeness (QED) is 0.573. The van der Waals surface area contributed by atoms with Crippen molar-refractivity contribution < 1.29 is 9.59 Å². The number of rotatable bonds is 0. The molecule has 0 aromatic carbocycles. The van der Waals surface area contributed by atoms with E-state index in [1.165, 1.54) is 6.42 Å². The Morgan fingerprint density at radius 3 is 2.15 bits per heavy atom. The SMILES string of the molecule is O=C1CCC2(CCCCC2=O)CC1. The molecule has 0 saturated heterocycles. The Kier molecular flexibility index (Phi) is 2.22.